The van der Waals surface area contributed by atoms with Crippen LogP contribution in [0.5, 0.6) is 0 Å². The predicted molar refractivity (Wildman–Crippen MR) is 52.0 cm³/mol. The van der Waals surface area contributed by atoms with Crippen LogP contribution in [0.4, 0.5) is 0 Å². The van der Waals surface area contributed by atoms with E-state index in [9.17, 15) is 5.11 Å². The standard InChI is InChI=1S/C11H22O/c1-5-9-6-7-11(4,12)8-10(9,2)3/h9,12H,5-8H2,1-4H3/t9-,11-/m1/s1. The largest absolute Gasteiger partial charge is 0.390 e. The Bertz CT molecular complexity index is 158. The van der Waals surface area contributed by atoms with Gasteiger partial charge < -0.3 is 5.11 Å². The van der Waals surface area contributed by atoms with Crippen molar-refractivity contribution in [1.82, 2.24) is 0 Å². The Kier molecular flexibility index (Phi) is 2.53. The molecule has 1 heteroatoms. The summed E-state index contributed by atoms with van der Waals surface area (Å²) in [5.74, 6) is 0.803. The Morgan fingerprint density at radius 3 is 2.33 bits per heavy atom. The van der Waals surface area contributed by atoms with Crippen molar-refractivity contribution >= 4 is 0 Å². The van der Waals surface area contributed by atoms with Gasteiger partial charge >= 0.3 is 0 Å². The molecule has 2 atom stereocenters. The summed E-state index contributed by atoms with van der Waals surface area (Å²) >= 11 is 0. The van der Waals surface area contributed by atoms with Gasteiger partial charge in [0.25, 0.3) is 0 Å². The van der Waals surface area contributed by atoms with Crippen LogP contribution in [0.2, 0.25) is 0 Å². The summed E-state index contributed by atoms with van der Waals surface area (Å²) in [5, 5.41) is 9.92. The summed E-state index contributed by atoms with van der Waals surface area (Å²) in [6.45, 7) is 8.80. The summed E-state index contributed by atoms with van der Waals surface area (Å²) in [4.78, 5) is 0. The predicted octanol–water partition coefficient (Wildman–Crippen LogP) is 2.97. The topological polar surface area (TPSA) is 20.2 Å². The molecule has 1 aliphatic rings. The molecule has 1 rings (SSSR count). The number of hydrogen-bond acceptors (Lipinski definition) is 1. The molecule has 1 N–H and O–H groups in total. The lowest BCUT2D eigenvalue weighted by atomic mass is 9.63. The lowest BCUT2D eigenvalue weighted by Crippen LogP contribution is -2.41. The molecule has 0 aromatic rings. The van der Waals surface area contributed by atoms with Crippen molar-refractivity contribution in [3.8, 4) is 0 Å². The van der Waals surface area contributed by atoms with Crippen LogP contribution in [0, 0.1) is 11.3 Å². The van der Waals surface area contributed by atoms with Gasteiger partial charge in [0, 0.05) is 0 Å². The molecular formula is C11H22O. The Morgan fingerprint density at radius 2 is 1.92 bits per heavy atom. The van der Waals surface area contributed by atoms with E-state index in [4.69, 9.17) is 0 Å². The second-order valence-corrected chi connectivity index (χ2v) is 5.31. The minimum Gasteiger partial charge on any atom is -0.390 e. The van der Waals surface area contributed by atoms with Gasteiger partial charge in [0.1, 0.15) is 0 Å². The van der Waals surface area contributed by atoms with E-state index in [1.54, 1.807) is 0 Å². The Balaban J connectivity index is 2.67. The van der Waals surface area contributed by atoms with Crippen LogP contribution in [0.3, 0.4) is 0 Å². The smallest absolute Gasteiger partial charge is 0.0625 e. The fourth-order valence-corrected chi connectivity index (χ4v) is 2.85. The van der Waals surface area contributed by atoms with E-state index in [0.29, 0.717) is 5.41 Å². The second kappa shape index (κ2) is 3.02. The highest BCUT2D eigenvalue weighted by atomic mass is 16.3. The van der Waals surface area contributed by atoms with Gasteiger partial charge in [-0.1, -0.05) is 27.2 Å². The molecule has 1 fully saturated rings. The summed E-state index contributed by atoms with van der Waals surface area (Å²) in [6, 6.07) is 0. The van der Waals surface area contributed by atoms with Crippen LogP contribution in [0.1, 0.15) is 53.4 Å². The molecule has 0 saturated heterocycles. The van der Waals surface area contributed by atoms with Crippen LogP contribution < -0.4 is 0 Å². The number of aliphatic hydroxyl groups is 1. The van der Waals surface area contributed by atoms with E-state index >= 15 is 0 Å². The van der Waals surface area contributed by atoms with Crippen LogP contribution in [-0.4, -0.2) is 10.7 Å². The van der Waals surface area contributed by atoms with Gasteiger partial charge in [-0.25, -0.2) is 0 Å². The van der Waals surface area contributed by atoms with Crippen molar-refractivity contribution in [2.45, 2.75) is 59.0 Å². The Morgan fingerprint density at radius 1 is 1.33 bits per heavy atom. The van der Waals surface area contributed by atoms with Gasteiger partial charge in [0.05, 0.1) is 5.60 Å². The molecule has 1 saturated carbocycles. The van der Waals surface area contributed by atoms with Crippen LogP contribution in [-0.2, 0) is 0 Å². The van der Waals surface area contributed by atoms with Gasteiger partial charge in [-0.15, -0.1) is 0 Å². The highest BCUT2D eigenvalue weighted by Crippen LogP contribution is 2.46. The number of rotatable bonds is 1. The van der Waals surface area contributed by atoms with E-state index in [1.165, 1.54) is 12.8 Å². The summed E-state index contributed by atoms with van der Waals surface area (Å²) in [5.41, 5.74) is -0.0777. The minimum atomic E-state index is -0.408. The molecular weight excluding hydrogens is 148 g/mol. The average molecular weight is 170 g/mol. The van der Waals surface area contributed by atoms with Crippen molar-refractivity contribution in [2.75, 3.05) is 0 Å². The van der Waals surface area contributed by atoms with Crippen LogP contribution >= 0.6 is 0 Å². The second-order valence-electron chi connectivity index (χ2n) is 5.31. The molecule has 0 aliphatic heterocycles. The molecule has 0 spiro atoms. The quantitative estimate of drug-likeness (QED) is 0.641. The summed E-state index contributed by atoms with van der Waals surface area (Å²) < 4.78 is 0. The van der Waals surface area contributed by atoms with Crippen molar-refractivity contribution in [3.63, 3.8) is 0 Å². The highest BCUT2D eigenvalue weighted by Gasteiger charge is 2.40. The first kappa shape index (κ1) is 10.0. The summed E-state index contributed by atoms with van der Waals surface area (Å²) in [7, 11) is 0. The fourth-order valence-electron chi connectivity index (χ4n) is 2.85. The zero-order chi connectivity index (χ0) is 9.41. The van der Waals surface area contributed by atoms with E-state index in [1.807, 2.05) is 6.92 Å². The molecule has 0 heterocycles. The van der Waals surface area contributed by atoms with E-state index < -0.39 is 5.60 Å². The maximum Gasteiger partial charge on any atom is 0.0625 e. The molecule has 0 amide bonds. The monoisotopic (exact) mass is 170 g/mol. The molecule has 72 valence electrons. The van der Waals surface area contributed by atoms with Crippen molar-refractivity contribution < 1.29 is 5.11 Å². The van der Waals surface area contributed by atoms with Crippen molar-refractivity contribution in [1.29, 1.82) is 0 Å². The van der Waals surface area contributed by atoms with E-state index in [0.717, 1.165) is 18.8 Å². The first-order valence-corrected chi connectivity index (χ1v) is 5.10. The normalized spacial score (nSPS) is 41.2. The fraction of sp³-hybridized carbons (Fsp3) is 1.00. The lowest BCUT2D eigenvalue weighted by molar-refractivity contribution is -0.0522. The maximum absolute atomic E-state index is 9.92. The highest BCUT2D eigenvalue weighted by molar-refractivity contribution is 4.91. The molecule has 0 aromatic heterocycles. The molecule has 12 heavy (non-hydrogen) atoms. The van der Waals surface area contributed by atoms with Crippen molar-refractivity contribution in [3.05, 3.63) is 0 Å². The molecule has 1 nitrogen and oxygen atoms in total. The van der Waals surface area contributed by atoms with E-state index in [2.05, 4.69) is 20.8 Å². The molecule has 1 aliphatic carbocycles. The number of hydrogen-bond donors (Lipinski definition) is 1. The average Bonchev–Trinajstić information content (AvgIpc) is 1.83. The van der Waals surface area contributed by atoms with Gasteiger partial charge in [-0.2, -0.15) is 0 Å². The minimum absolute atomic E-state index is 0.330. The zero-order valence-corrected chi connectivity index (χ0v) is 8.85. The SMILES string of the molecule is CC[C@@H]1CC[C@@](C)(O)CC1(C)C. The maximum atomic E-state index is 9.92. The zero-order valence-electron chi connectivity index (χ0n) is 8.85. The third kappa shape index (κ3) is 2.01. The molecule has 0 radical (unpaired) electrons. The third-order valence-electron chi connectivity index (χ3n) is 3.47. The van der Waals surface area contributed by atoms with Gasteiger partial charge in [-0.05, 0) is 37.5 Å². The van der Waals surface area contributed by atoms with Gasteiger partial charge in [0.2, 0.25) is 0 Å². The first-order chi connectivity index (χ1) is 5.37. The van der Waals surface area contributed by atoms with Gasteiger partial charge in [0.15, 0.2) is 0 Å². The Hall–Kier alpha value is -0.0400. The molecule has 0 unspecified atom stereocenters. The lowest BCUT2D eigenvalue weighted by Gasteiger charge is -2.45. The third-order valence-corrected chi connectivity index (χ3v) is 3.47. The van der Waals surface area contributed by atoms with E-state index in [-0.39, 0.29) is 0 Å². The Labute approximate surface area is 76.2 Å². The first-order valence-electron chi connectivity index (χ1n) is 5.10. The van der Waals surface area contributed by atoms with Gasteiger partial charge in [-0.3, -0.25) is 0 Å². The van der Waals surface area contributed by atoms with Crippen LogP contribution in [0.25, 0.3) is 0 Å². The summed E-state index contributed by atoms with van der Waals surface area (Å²) in [6.07, 6.45) is 4.38. The van der Waals surface area contributed by atoms with Crippen molar-refractivity contribution in [2.24, 2.45) is 11.3 Å². The molecule has 0 bridgehead atoms. The van der Waals surface area contributed by atoms with Crippen LogP contribution in [0.15, 0.2) is 0 Å². The molecule has 0 aromatic carbocycles.